The van der Waals surface area contributed by atoms with Gasteiger partial charge in [0, 0.05) is 12.1 Å². The van der Waals surface area contributed by atoms with E-state index in [0.717, 1.165) is 0 Å². The predicted molar refractivity (Wildman–Crippen MR) is 111 cm³/mol. The largest absolute Gasteiger partial charge is 0.493 e. The van der Waals surface area contributed by atoms with Crippen LogP contribution in [0.25, 0.3) is 0 Å². The minimum Gasteiger partial charge on any atom is -0.493 e. The highest BCUT2D eigenvalue weighted by molar-refractivity contribution is 7.89. The number of para-hydroxylation sites is 1. The van der Waals surface area contributed by atoms with Crippen LogP contribution in [-0.2, 0) is 10.0 Å². The summed E-state index contributed by atoms with van der Waals surface area (Å²) < 4.78 is 42.2. The van der Waals surface area contributed by atoms with Gasteiger partial charge in [0.2, 0.25) is 15.8 Å². The Labute approximate surface area is 176 Å². The molecule has 30 heavy (non-hydrogen) atoms. The fourth-order valence-corrected chi connectivity index (χ4v) is 3.39. The Morgan fingerprint density at radius 1 is 1.13 bits per heavy atom. The highest BCUT2D eigenvalue weighted by Gasteiger charge is 2.18. The molecule has 1 amide bonds. The fourth-order valence-electron chi connectivity index (χ4n) is 2.63. The Morgan fingerprint density at radius 3 is 2.33 bits per heavy atom. The van der Waals surface area contributed by atoms with Crippen LogP contribution in [0.1, 0.15) is 15.9 Å². The number of benzene rings is 2. The topological polar surface area (TPSA) is 123 Å². The lowest BCUT2D eigenvalue weighted by atomic mass is 10.1. The third-order valence-corrected chi connectivity index (χ3v) is 5.75. The Balaban J connectivity index is 2.01. The molecule has 3 N–H and O–H groups in total. The van der Waals surface area contributed by atoms with Crippen LogP contribution in [0.3, 0.4) is 0 Å². The number of aryl methyl sites for hydroxylation is 1. The second kappa shape index (κ2) is 10.3. The van der Waals surface area contributed by atoms with Gasteiger partial charge in [-0.05, 0) is 43.8 Å². The zero-order valence-electron chi connectivity index (χ0n) is 17.3. The smallest absolute Gasteiger partial charge is 0.251 e. The van der Waals surface area contributed by atoms with Crippen LogP contribution >= 0.6 is 0 Å². The van der Waals surface area contributed by atoms with E-state index in [1.807, 2.05) is 0 Å². The van der Waals surface area contributed by atoms with Gasteiger partial charge in [-0.1, -0.05) is 12.1 Å². The van der Waals surface area contributed by atoms with E-state index >= 15 is 0 Å². The van der Waals surface area contributed by atoms with E-state index in [9.17, 15) is 18.3 Å². The molecule has 0 aliphatic rings. The maximum absolute atomic E-state index is 12.5. The molecule has 0 saturated carbocycles. The van der Waals surface area contributed by atoms with Crippen molar-refractivity contribution in [3.63, 3.8) is 0 Å². The molecular weight excluding hydrogens is 412 g/mol. The minimum absolute atomic E-state index is 0.0205. The lowest BCUT2D eigenvalue weighted by Gasteiger charge is -2.17. The van der Waals surface area contributed by atoms with Crippen molar-refractivity contribution in [3.8, 4) is 17.2 Å². The van der Waals surface area contributed by atoms with Gasteiger partial charge in [0.25, 0.3) is 5.91 Å². The van der Waals surface area contributed by atoms with Crippen LogP contribution in [0.2, 0.25) is 0 Å². The monoisotopic (exact) mass is 438 g/mol. The Morgan fingerprint density at radius 2 is 1.77 bits per heavy atom. The van der Waals surface area contributed by atoms with Crippen LogP contribution in [0.15, 0.2) is 41.3 Å². The van der Waals surface area contributed by atoms with E-state index in [1.54, 1.807) is 31.2 Å². The number of aliphatic hydroxyl groups excluding tert-OH is 1. The number of aliphatic hydroxyl groups is 1. The zero-order chi connectivity index (χ0) is 22.3. The van der Waals surface area contributed by atoms with Crippen molar-refractivity contribution < 1.29 is 32.5 Å². The maximum atomic E-state index is 12.5. The molecule has 1 unspecified atom stereocenters. The van der Waals surface area contributed by atoms with Crippen molar-refractivity contribution in [3.05, 3.63) is 47.5 Å². The van der Waals surface area contributed by atoms with Gasteiger partial charge < -0.3 is 24.6 Å². The molecule has 0 heterocycles. The van der Waals surface area contributed by atoms with Crippen molar-refractivity contribution in [2.45, 2.75) is 17.9 Å². The van der Waals surface area contributed by atoms with Gasteiger partial charge in [-0.15, -0.1) is 0 Å². The van der Waals surface area contributed by atoms with Gasteiger partial charge in [0.1, 0.15) is 12.7 Å². The first-order chi connectivity index (χ1) is 14.2. The Hall–Kier alpha value is -2.82. The van der Waals surface area contributed by atoms with Crippen molar-refractivity contribution in [2.75, 3.05) is 34.4 Å². The molecule has 0 saturated heterocycles. The third kappa shape index (κ3) is 5.62. The number of hydrogen-bond donors (Lipinski definition) is 3. The summed E-state index contributed by atoms with van der Waals surface area (Å²) in [7, 11) is 0.594. The van der Waals surface area contributed by atoms with Crippen molar-refractivity contribution in [2.24, 2.45) is 0 Å². The van der Waals surface area contributed by atoms with Gasteiger partial charge >= 0.3 is 0 Å². The summed E-state index contributed by atoms with van der Waals surface area (Å²) in [6.45, 7) is 1.47. The van der Waals surface area contributed by atoms with Crippen LogP contribution in [0.4, 0.5) is 0 Å². The van der Waals surface area contributed by atoms with E-state index in [4.69, 9.17) is 14.2 Å². The van der Waals surface area contributed by atoms with Crippen LogP contribution < -0.4 is 24.2 Å². The number of hydrogen-bond acceptors (Lipinski definition) is 7. The molecule has 0 fully saturated rings. The molecule has 0 aliphatic carbocycles. The van der Waals surface area contributed by atoms with E-state index in [1.165, 1.54) is 33.4 Å². The molecule has 0 spiro atoms. The number of methoxy groups -OCH3 is 2. The van der Waals surface area contributed by atoms with E-state index < -0.39 is 22.0 Å². The molecular formula is C20H26N2O7S. The third-order valence-electron chi connectivity index (χ3n) is 4.33. The van der Waals surface area contributed by atoms with Crippen LogP contribution in [0, 0.1) is 6.92 Å². The molecule has 2 aromatic carbocycles. The standard InChI is InChI=1S/C20H26N2O7S/c1-13-8-9-15(30(25,26)21-2)10-16(13)20(24)22-11-14(23)12-29-19-17(27-3)6-5-7-18(19)28-4/h5-10,14,21,23H,11-12H2,1-4H3,(H,22,24). The second-order valence-corrected chi connectivity index (χ2v) is 8.24. The molecule has 1 atom stereocenters. The number of carbonyl (C=O) groups excluding carboxylic acids is 1. The number of amides is 1. The lowest BCUT2D eigenvalue weighted by molar-refractivity contribution is 0.0833. The first kappa shape index (κ1) is 23.5. The molecule has 0 radical (unpaired) electrons. The quantitative estimate of drug-likeness (QED) is 0.507. The van der Waals surface area contributed by atoms with Crippen molar-refractivity contribution in [1.82, 2.24) is 10.0 Å². The van der Waals surface area contributed by atoms with Crippen molar-refractivity contribution in [1.29, 1.82) is 0 Å². The first-order valence-corrected chi connectivity index (χ1v) is 10.6. The number of rotatable bonds is 10. The molecule has 164 valence electrons. The van der Waals surface area contributed by atoms with Crippen LogP contribution in [-0.4, -0.2) is 60.0 Å². The summed E-state index contributed by atoms with van der Waals surface area (Å²) in [5, 5.41) is 12.8. The summed E-state index contributed by atoms with van der Waals surface area (Å²) in [6.07, 6.45) is -1.02. The summed E-state index contributed by atoms with van der Waals surface area (Å²) in [6, 6.07) is 9.39. The highest BCUT2D eigenvalue weighted by atomic mass is 32.2. The predicted octanol–water partition coefficient (Wildman–Crippen LogP) is 1.09. The molecule has 0 aromatic heterocycles. The average molecular weight is 439 g/mol. The summed E-state index contributed by atoms with van der Waals surface area (Å²) in [4.78, 5) is 12.5. The Kier molecular flexibility index (Phi) is 8.04. The van der Waals surface area contributed by atoms with E-state index in [0.29, 0.717) is 22.8 Å². The van der Waals surface area contributed by atoms with Crippen LogP contribution in [0.5, 0.6) is 17.2 Å². The number of nitrogens with one attached hydrogen (secondary N) is 2. The van der Waals surface area contributed by atoms with E-state index in [-0.39, 0.29) is 23.6 Å². The molecule has 2 rings (SSSR count). The lowest BCUT2D eigenvalue weighted by Crippen LogP contribution is -2.35. The maximum Gasteiger partial charge on any atom is 0.251 e. The summed E-state index contributed by atoms with van der Waals surface area (Å²) in [5.41, 5.74) is 0.804. The number of carbonyl (C=O) groups is 1. The fraction of sp³-hybridized carbons (Fsp3) is 0.350. The molecule has 0 bridgehead atoms. The Bertz CT molecular complexity index is 970. The number of sulfonamides is 1. The molecule has 2 aromatic rings. The SMILES string of the molecule is CNS(=O)(=O)c1ccc(C)c(C(=O)NCC(O)COc2c(OC)cccc2OC)c1. The van der Waals surface area contributed by atoms with Crippen molar-refractivity contribution >= 4 is 15.9 Å². The van der Waals surface area contributed by atoms with E-state index in [2.05, 4.69) is 10.0 Å². The summed E-state index contributed by atoms with van der Waals surface area (Å²) >= 11 is 0. The highest BCUT2D eigenvalue weighted by Crippen LogP contribution is 2.36. The normalized spacial score (nSPS) is 12.2. The summed E-state index contributed by atoms with van der Waals surface area (Å²) in [5.74, 6) is 0.732. The first-order valence-electron chi connectivity index (χ1n) is 9.07. The van der Waals surface area contributed by atoms with Gasteiger partial charge in [-0.25, -0.2) is 13.1 Å². The van der Waals surface area contributed by atoms with Gasteiger partial charge in [-0.2, -0.15) is 0 Å². The second-order valence-electron chi connectivity index (χ2n) is 6.35. The van der Waals surface area contributed by atoms with Gasteiger partial charge in [0.05, 0.1) is 19.1 Å². The average Bonchev–Trinajstić information content (AvgIpc) is 2.75. The molecule has 10 heteroatoms. The minimum atomic E-state index is -3.68. The zero-order valence-corrected chi connectivity index (χ0v) is 18.1. The molecule has 9 nitrogen and oxygen atoms in total. The number of ether oxygens (including phenoxy) is 3. The van der Waals surface area contributed by atoms with Gasteiger partial charge in [-0.3, -0.25) is 4.79 Å². The van der Waals surface area contributed by atoms with Gasteiger partial charge in [0.15, 0.2) is 11.5 Å². The molecule has 0 aliphatic heterocycles.